The molecule has 3 rings (SSSR count). The van der Waals surface area contributed by atoms with Crippen LogP contribution in [0.2, 0.25) is 0 Å². The van der Waals surface area contributed by atoms with Crippen LogP contribution in [0.15, 0.2) is 30.3 Å². The van der Waals surface area contributed by atoms with E-state index < -0.39 is 6.10 Å². The number of aliphatic hydroxyl groups excluding tert-OH is 1. The molecule has 2 heterocycles. The van der Waals surface area contributed by atoms with E-state index in [9.17, 15) is 5.11 Å². The maximum absolute atomic E-state index is 9.42. The molecular formula is C12H14O4. The van der Waals surface area contributed by atoms with E-state index in [4.69, 9.17) is 14.2 Å². The third-order valence-electron chi connectivity index (χ3n) is 2.90. The quantitative estimate of drug-likeness (QED) is 0.764. The Morgan fingerprint density at radius 3 is 2.88 bits per heavy atom. The number of benzene rings is 1. The van der Waals surface area contributed by atoms with Gasteiger partial charge in [0.25, 0.3) is 0 Å². The topological polar surface area (TPSA) is 51.2 Å². The number of epoxide rings is 1. The number of fused-ring (bicyclic) bond motifs is 1. The predicted molar refractivity (Wildman–Crippen MR) is 55.6 cm³/mol. The molecule has 0 aromatic heterocycles. The highest BCUT2D eigenvalue weighted by molar-refractivity contribution is 5.13. The molecule has 4 atom stereocenters. The Kier molecular flexibility index (Phi) is 2.65. The highest BCUT2D eigenvalue weighted by Gasteiger charge is 2.54. The molecule has 2 aliphatic heterocycles. The lowest BCUT2D eigenvalue weighted by Gasteiger charge is -2.22. The van der Waals surface area contributed by atoms with E-state index in [-0.39, 0.29) is 18.5 Å². The maximum Gasteiger partial charge on any atom is 0.186 e. The molecule has 0 amide bonds. The first-order valence-corrected chi connectivity index (χ1v) is 5.45. The van der Waals surface area contributed by atoms with E-state index in [0.29, 0.717) is 13.2 Å². The molecule has 0 radical (unpaired) electrons. The van der Waals surface area contributed by atoms with Gasteiger partial charge in [-0.1, -0.05) is 30.3 Å². The number of rotatable bonds is 3. The van der Waals surface area contributed by atoms with Gasteiger partial charge < -0.3 is 19.3 Å². The van der Waals surface area contributed by atoms with Crippen molar-refractivity contribution in [1.29, 1.82) is 0 Å². The first-order chi connectivity index (χ1) is 7.84. The van der Waals surface area contributed by atoms with Crippen molar-refractivity contribution in [2.24, 2.45) is 0 Å². The Balaban J connectivity index is 1.53. The van der Waals surface area contributed by atoms with Gasteiger partial charge in [-0.3, -0.25) is 0 Å². The van der Waals surface area contributed by atoms with Crippen molar-refractivity contribution in [2.45, 2.75) is 31.2 Å². The monoisotopic (exact) mass is 222 g/mol. The van der Waals surface area contributed by atoms with Crippen LogP contribution >= 0.6 is 0 Å². The van der Waals surface area contributed by atoms with Gasteiger partial charge in [-0.15, -0.1) is 0 Å². The average Bonchev–Trinajstić information content (AvgIpc) is 3.11. The number of aliphatic hydroxyl groups is 1. The summed E-state index contributed by atoms with van der Waals surface area (Å²) in [6.45, 7) is 0.800. The molecule has 16 heavy (non-hydrogen) atoms. The molecule has 0 bridgehead atoms. The Morgan fingerprint density at radius 1 is 1.25 bits per heavy atom. The fourth-order valence-electron chi connectivity index (χ4n) is 1.94. The summed E-state index contributed by atoms with van der Waals surface area (Å²) in [5.41, 5.74) is 1.11. The maximum atomic E-state index is 9.42. The highest BCUT2D eigenvalue weighted by atomic mass is 16.7. The minimum absolute atomic E-state index is 0.0884. The van der Waals surface area contributed by atoms with E-state index in [1.165, 1.54) is 0 Å². The lowest BCUT2D eigenvalue weighted by atomic mass is 10.1. The van der Waals surface area contributed by atoms with Gasteiger partial charge in [-0.25, -0.2) is 0 Å². The Morgan fingerprint density at radius 2 is 2.06 bits per heavy atom. The van der Waals surface area contributed by atoms with Crippen molar-refractivity contribution >= 4 is 0 Å². The zero-order valence-corrected chi connectivity index (χ0v) is 8.78. The van der Waals surface area contributed by atoms with Gasteiger partial charge in [0.05, 0.1) is 13.2 Å². The van der Waals surface area contributed by atoms with Crippen LogP contribution in [0.5, 0.6) is 0 Å². The molecule has 1 N–H and O–H groups in total. The van der Waals surface area contributed by atoms with E-state index in [1.807, 2.05) is 30.3 Å². The summed E-state index contributed by atoms with van der Waals surface area (Å²) in [5.74, 6) is 0. The molecule has 1 aromatic carbocycles. The van der Waals surface area contributed by atoms with Crippen molar-refractivity contribution in [2.75, 3.05) is 6.61 Å². The summed E-state index contributed by atoms with van der Waals surface area (Å²) in [4.78, 5) is 0. The summed E-state index contributed by atoms with van der Waals surface area (Å²) in [6, 6.07) is 9.92. The standard InChI is InChI=1S/C12H14O4/c13-9-7-15-12(11-10(9)16-11)14-6-8-4-2-1-3-5-8/h1-5,9-13H,6-7H2/t9-,10-,11-,12-/m1/s1. The van der Waals surface area contributed by atoms with Crippen LogP contribution in [-0.4, -0.2) is 36.3 Å². The summed E-state index contributed by atoms with van der Waals surface area (Å²) in [5, 5.41) is 9.42. The van der Waals surface area contributed by atoms with Gasteiger partial charge in [-0.05, 0) is 5.56 Å². The van der Waals surface area contributed by atoms with Crippen LogP contribution in [0.4, 0.5) is 0 Å². The Hall–Kier alpha value is -0.940. The average molecular weight is 222 g/mol. The molecule has 0 saturated carbocycles. The lowest BCUT2D eigenvalue weighted by molar-refractivity contribution is -0.182. The minimum Gasteiger partial charge on any atom is -0.388 e. The third kappa shape index (κ3) is 1.97. The van der Waals surface area contributed by atoms with E-state index in [1.54, 1.807) is 0 Å². The fourth-order valence-corrected chi connectivity index (χ4v) is 1.94. The molecule has 0 spiro atoms. The largest absolute Gasteiger partial charge is 0.388 e. The molecule has 0 aliphatic carbocycles. The molecule has 0 unspecified atom stereocenters. The SMILES string of the molecule is O[C@@H]1CO[C@@H](OCc2ccccc2)[C@@H]2O[C@@H]21. The summed E-state index contributed by atoms with van der Waals surface area (Å²) in [6.07, 6.45) is -1.02. The van der Waals surface area contributed by atoms with Gasteiger partial charge >= 0.3 is 0 Å². The molecular weight excluding hydrogens is 208 g/mol. The third-order valence-corrected chi connectivity index (χ3v) is 2.90. The fraction of sp³-hybridized carbons (Fsp3) is 0.500. The Labute approximate surface area is 93.7 Å². The van der Waals surface area contributed by atoms with Crippen molar-refractivity contribution in [3.05, 3.63) is 35.9 Å². The molecule has 4 nitrogen and oxygen atoms in total. The van der Waals surface area contributed by atoms with E-state index in [2.05, 4.69) is 0 Å². The first-order valence-electron chi connectivity index (χ1n) is 5.45. The molecule has 86 valence electrons. The van der Waals surface area contributed by atoms with Gasteiger partial charge in [0, 0.05) is 0 Å². The second-order valence-electron chi connectivity index (χ2n) is 4.13. The smallest absolute Gasteiger partial charge is 0.186 e. The van der Waals surface area contributed by atoms with Crippen molar-refractivity contribution in [3.8, 4) is 0 Å². The normalized spacial score (nSPS) is 36.8. The van der Waals surface area contributed by atoms with Crippen molar-refractivity contribution < 1.29 is 19.3 Å². The molecule has 2 fully saturated rings. The molecule has 2 saturated heterocycles. The van der Waals surface area contributed by atoms with Crippen molar-refractivity contribution in [1.82, 2.24) is 0 Å². The molecule has 1 aromatic rings. The predicted octanol–water partition coefficient (Wildman–Crippen LogP) is 0.688. The second-order valence-corrected chi connectivity index (χ2v) is 4.13. The van der Waals surface area contributed by atoms with Crippen LogP contribution in [0.25, 0.3) is 0 Å². The first kappa shape index (κ1) is 10.2. The highest BCUT2D eigenvalue weighted by Crippen LogP contribution is 2.35. The zero-order chi connectivity index (χ0) is 11.0. The summed E-state index contributed by atoms with van der Waals surface area (Å²) in [7, 11) is 0. The zero-order valence-electron chi connectivity index (χ0n) is 8.78. The number of hydrogen-bond acceptors (Lipinski definition) is 4. The van der Waals surface area contributed by atoms with Crippen molar-refractivity contribution in [3.63, 3.8) is 0 Å². The molecule has 4 heteroatoms. The van der Waals surface area contributed by atoms with Crippen LogP contribution in [-0.2, 0) is 20.8 Å². The minimum atomic E-state index is -0.499. The van der Waals surface area contributed by atoms with E-state index >= 15 is 0 Å². The second kappa shape index (κ2) is 4.14. The van der Waals surface area contributed by atoms with E-state index in [0.717, 1.165) is 5.56 Å². The Bertz CT molecular complexity index is 353. The van der Waals surface area contributed by atoms with Gasteiger partial charge in [0.2, 0.25) is 0 Å². The molecule has 2 aliphatic rings. The van der Waals surface area contributed by atoms with Crippen LogP contribution < -0.4 is 0 Å². The number of hydrogen-bond donors (Lipinski definition) is 1. The summed E-state index contributed by atoms with van der Waals surface area (Å²) >= 11 is 0. The van der Waals surface area contributed by atoms with Crippen LogP contribution in [0, 0.1) is 0 Å². The van der Waals surface area contributed by atoms with Crippen LogP contribution in [0.3, 0.4) is 0 Å². The van der Waals surface area contributed by atoms with Crippen LogP contribution in [0.1, 0.15) is 5.56 Å². The number of ether oxygens (including phenoxy) is 3. The van der Waals surface area contributed by atoms with Gasteiger partial charge in [-0.2, -0.15) is 0 Å². The van der Waals surface area contributed by atoms with Gasteiger partial charge in [0.1, 0.15) is 18.3 Å². The van der Waals surface area contributed by atoms with Gasteiger partial charge in [0.15, 0.2) is 6.29 Å². The summed E-state index contributed by atoms with van der Waals surface area (Å²) < 4.78 is 16.3. The lowest BCUT2D eigenvalue weighted by Crippen LogP contribution is -2.38.